The van der Waals surface area contributed by atoms with Crippen molar-refractivity contribution >= 4 is 29.2 Å². The van der Waals surface area contributed by atoms with Crippen LogP contribution in [0.3, 0.4) is 0 Å². The number of carbonyl (C=O) groups is 1. The molecule has 0 aliphatic rings. The molecule has 1 heterocycles. The largest absolute Gasteiger partial charge is 0.462 e. The van der Waals surface area contributed by atoms with Gasteiger partial charge >= 0.3 is 5.97 Å². The lowest BCUT2D eigenvalue weighted by Gasteiger charge is -1.97. The van der Waals surface area contributed by atoms with Crippen molar-refractivity contribution in [2.24, 2.45) is 7.05 Å². The number of rotatable bonds is 2. The molecule has 0 N–H and O–H groups in total. The van der Waals surface area contributed by atoms with Crippen LogP contribution in [-0.4, -0.2) is 27.2 Å². The second-order valence-corrected chi connectivity index (χ2v) is 4.57. The van der Waals surface area contributed by atoms with Crippen molar-refractivity contribution in [3.8, 4) is 0 Å². The van der Waals surface area contributed by atoms with E-state index in [1.165, 1.54) is 0 Å². The number of carbonyl (C=O) groups excluding carboxylic acids is 1. The number of ether oxygens (including phenoxy) is 1. The highest BCUT2D eigenvalue weighted by Gasteiger charge is 2.12. The quantitative estimate of drug-likeness (QED) is 0.611. The van der Waals surface area contributed by atoms with Crippen LogP contribution in [0, 0.1) is 6.92 Å². The Balaban J connectivity index is 0.000000487. The summed E-state index contributed by atoms with van der Waals surface area (Å²) in [5.74, 6) is -0.303. The fourth-order valence-electron chi connectivity index (χ4n) is 1.01. The van der Waals surface area contributed by atoms with Crippen LogP contribution < -0.4 is 0 Å². The van der Waals surface area contributed by atoms with Crippen molar-refractivity contribution in [2.45, 2.75) is 25.6 Å². The van der Waals surface area contributed by atoms with E-state index in [4.69, 9.17) is 27.9 Å². The van der Waals surface area contributed by atoms with Crippen LogP contribution in [0.2, 0.25) is 0 Å². The summed E-state index contributed by atoms with van der Waals surface area (Å²) in [6.45, 7) is 5.66. The summed E-state index contributed by atoms with van der Waals surface area (Å²) in [6, 6.07) is 0. The van der Waals surface area contributed by atoms with Crippen LogP contribution in [0.15, 0.2) is 6.20 Å². The molecule has 0 bridgehead atoms. The van der Waals surface area contributed by atoms with Crippen LogP contribution in [0.25, 0.3) is 0 Å². The third-order valence-electron chi connectivity index (χ3n) is 1.51. The fraction of sp³-hybridized carbons (Fsp3) is 0.600. The summed E-state index contributed by atoms with van der Waals surface area (Å²) in [5, 5.41) is 4.03. The van der Waals surface area contributed by atoms with Crippen LogP contribution in [0.4, 0.5) is 0 Å². The number of aryl methyl sites for hydroxylation is 2. The molecule has 0 saturated carbocycles. The van der Waals surface area contributed by atoms with Gasteiger partial charge < -0.3 is 4.74 Å². The molecule has 0 fully saturated rings. The maximum absolute atomic E-state index is 11.2. The van der Waals surface area contributed by atoms with Gasteiger partial charge in [-0.3, -0.25) is 4.68 Å². The number of aromatic nitrogens is 2. The van der Waals surface area contributed by atoms with E-state index in [-0.39, 0.29) is 10.8 Å². The highest BCUT2D eigenvalue weighted by molar-refractivity contribution is 6.43. The van der Waals surface area contributed by atoms with Crippen LogP contribution in [0.5, 0.6) is 0 Å². The second-order valence-electron chi connectivity index (χ2n) is 3.04. The minimum absolute atomic E-state index is 0.222. The number of esters is 1. The van der Waals surface area contributed by atoms with Crippen molar-refractivity contribution in [2.75, 3.05) is 6.61 Å². The first-order valence-corrected chi connectivity index (χ1v) is 5.71. The number of hydrogen-bond acceptors (Lipinski definition) is 3. The predicted molar refractivity (Wildman–Crippen MR) is 65.1 cm³/mol. The molecule has 0 atom stereocenters. The molecule has 0 aliphatic heterocycles. The van der Waals surface area contributed by atoms with E-state index >= 15 is 0 Å². The minimum atomic E-state index is -0.303. The lowest BCUT2D eigenvalue weighted by Crippen LogP contribution is -2.04. The lowest BCUT2D eigenvalue weighted by atomic mass is 10.3. The molecule has 1 rings (SSSR count). The van der Waals surface area contributed by atoms with Crippen molar-refractivity contribution in [1.82, 2.24) is 9.78 Å². The number of hydrogen-bond donors (Lipinski definition) is 0. The first-order chi connectivity index (χ1) is 7.38. The highest BCUT2D eigenvalue weighted by Crippen LogP contribution is 2.05. The van der Waals surface area contributed by atoms with E-state index in [2.05, 4.69) is 5.10 Å². The Hall–Kier alpha value is -0.740. The van der Waals surface area contributed by atoms with Crippen LogP contribution >= 0.6 is 23.2 Å². The fourth-order valence-corrected chi connectivity index (χ4v) is 1.01. The average molecular weight is 267 g/mol. The van der Waals surface area contributed by atoms with Crippen molar-refractivity contribution in [3.63, 3.8) is 0 Å². The molecule has 1 aromatic heterocycles. The van der Waals surface area contributed by atoms with E-state index < -0.39 is 0 Å². The van der Waals surface area contributed by atoms with Crippen molar-refractivity contribution < 1.29 is 9.53 Å². The molecule has 0 unspecified atom stereocenters. The Bertz CT molecular complexity index is 335. The maximum Gasteiger partial charge on any atom is 0.341 e. The van der Waals surface area contributed by atoms with E-state index in [1.54, 1.807) is 38.7 Å². The first-order valence-electron chi connectivity index (χ1n) is 4.84. The Morgan fingerprint density at radius 3 is 2.44 bits per heavy atom. The molecule has 0 saturated heterocycles. The highest BCUT2D eigenvalue weighted by atomic mass is 35.5. The number of halogens is 2. The Labute approximate surface area is 105 Å². The molecular weight excluding hydrogens is 251 g/mol. The van der Waals surface area contributed by atoms with Gasteiger partial charge in [0.05, 0.1) is 12.3 Å². The summed E-state index contributed by atoms with van der Waals surface area (Å²) in [4.78, 5) is 11.0. The summed E-state index contributed by atoms with van der Waals surface area (Å²) in [5.41, 5.74) is 1.25. The summed E-state index contributed by atoms with van der Waals surface area (Å²) in [7, 11) is 1.77. The zero-order valence-electron chi connectivity index (χ0n) is 9.83. The zero-order chi connectivity index (χ0) is 12.7. The Kier molecular flexibility index (Phi) is 7.17. The van der Waals surface area contributed by atoms with Gasteiger partial charge in [-0.15, -0.1) is 23.2 Å². The van der Waals surface area contributed by atoms with E-state index in [0.717, 1.165) is 0 Å². The Morgan fingerprint density at radius 1 is 1.62 bits per heavy atom. The van der Waals surface area contributed by atoms with Gasteiger partial charge in [0.25, 0.3) is 0 Å². The van der Waals surface area contributed by atoms with Gasteiger partial charge in [-0.2, -0.15) is 5.10 Å². The first kappa shape index (κ1) is 15.3. The minimum Gasteiger partial charge on any atom is -0.462 e. The molecule has 0 radical (unpaired) electrons. The normalized spacial score (nSPS) is 9.69. The van der Waals surface area contributed by atoms with E-state index in [1.807, 2.05) is 0 Å². The molecular formula is C10H16Cl2N2O2. The standard InChI is InChI=1S/C8H12N2O2.C2H4Cl2/c1-4-12-8(11)7-5-10(3)9-6(7)2;1-2(3)4/h5H,4H2,1-3H3;2H,1H3. The lowest BCUT2D eigenvalue weighted by molar-refractivity contribution is 0.0525. The second kappa shape index (κ2) is 7.52. The molecule has 4 nitrogen and oxygen atoms in total. The van der Waals surface area contributed by atoms with Gasteiger partial charge in [-0.1, -0.05) is 0 Å². The topological polar surface area (TPSA) is 44.1 Å². The van der Waals surface area contributed by atoms with Gasteiger partial charge in [-0.25, -0.2) is 4.79 Å². The van der Waals surface area contributed by atoms with Crippen molar-refractivity contribution in [1.29, 1.82) is 0 Å². The molecule has 0 aliphatic carbocycles. The molecule has 0 aromatic carbocycles. The van der Waals surface area contributed by atoms with Crippen LogP contribution in [0.1, 0.15) is 29.9 Å². The molecule has 16 heavy (non-hydrogen) atoms. The van der Waals surface area contributed by atoms with Crippen molar-refractivity contribution in [3.05, 3.63) is 17.5 Å². The molecule has 6 heteroatoms. The van der Waals surface area contributed by atoms with Gasteiger partial charge in [0, 0.05) is 13.2 Å². The predicted octanol–water partition coefficient (Wildman–Crippen LogP) is 2.72. The van der Waals surface area contributed by atoms with Gasteiger partial charge in [0.15, 0.2) is 0 Å². The van der Waals surface area contributed by atoms with E-state index in [9.17, 15) is 4.79 Å². The number of nitrogens with zero attached hydrogens (tertiary/aromatic N) is 2. The number of alkyl halides is 2. The summed E-state index contributed by atoms with van der Waals surface area (Å²) in [6.07, 6.45) is 1.66. The third kappa shape index (κ3) is 5.98. The molecule has 0 spiro atoms. The van der Waals surface area contributed by atoms with Gasteiger partial charge in [-0.05, 0) is 20.8 Å². The van der Waals surface area contributed by atoms with Gasteiger partial charge in [0.2, 0.25) is 0 Å². The van der Waals surface area contributed by atoms with Crippen LogP contribution in [-0.2, 0) is 11.8 Å². The summed E-state index contributed by atoms with van der Waals surface area (Å²) < 4.78 is 6.43. The maximum atomic E-state index is 11.2. The third-order valence-corrected chi connectivity index (χ3v) is 1.51. The molecule has 1 aromatic rings. The zero-order valence-corrected chi connectivity index (χ0v) is 11.3. The SMILES string of the molecule is CC(Cl)Cl.CCOC(=O)c1cn(C)nc1C. The smallest absolute Gasteiger partial charge is 0.341 e. The summed E-state index contributed by atoms with van der Waals surface area (Å²) >= 11 is 10.1. The molecule has 0 amide bonds. The Morgan fingerprint density at radius 2 is 2.12 bits per heavy atom. The van der Waals surface area contributed by atoms with Gasteiger partial charge in [0.1, 0.15) is 10.4 Å². The monoisotopic (exact) mass is 266 g/mol. The average Bonchev–Trinajstić information content (AvgIpc) is 2.44. The van der Waals surface area contributed by atoms with E-state index in [0.29, 0.717) is 17.9 Å². The molecule has 92 valence electrons.